The van der Waals surface area contributed by atoms with Crippen molar-refractivity contribution < 1.29 is 17.1 Å². The van der Waals surface area contributed by atoms with Gasteiger partial charge in [0.15, 0.2) is 5.75 Å². The topological polar surface area (TPSA) is 44.5 Å². The number of pyridine rings is 2. The second-order valence-corrected chi connectivity index (χ2v) is 9.72. The van der Waals surface area contributed by atoms with E-state index in [4.69, 9.17) is 12.4 Å². The Bertz CT molecular complexity index is 1740. The van der Waals surface area contributed by atoms with Crippen LogP contribution >= 0.6 is 0 Å². The maximum atomic E-state index is 6.38. The summed E-state index contributed by atoms with van der Waals surface area (Å²) in [6, 6.07) is 38.5. The van der Waals surface area contributed by atoms with Crippen molar-refractivity contribution in [3.63, 3.8) is 0 Å². The monoisotopic (exact) mass is 512 g/mol. The molecule has 4 aromatic carbocycles. The molecule has 1 radical (unpaired) electrons. The van der Waals surface area contributed by atoms with Gasteiger partial charge in [-0.05, 0) is 60.5 Å². The fraction of sp³-hybridized carbons (Fsp3) is 0.0625. The van der Waals surface area contributed by atoms with Crippen molar-refractivity contribution in [2.24, 2.45) is 0 Å². The van der Waals surface area contributed by atoms with Crippen molar-refractivity contribution >= 4 is 37.7 Å². The van der Waals surface area contributed by atoms with Crippen molar-refractivity contribution in [3.05, 3.63) is 127 Å². The number of fused-ring (bicyclic) bond motifs is 2. The molecule has 0 spiro atoms. The van der Waals surface area contributed by atoms with Crippen LogP contribution in [0.4, 0.5) is 0 Å². The van der Waals surface area contributed by atoms with Crippen LogP contribution in [0.2, 0.25) is 0 Å². The minimum Gasteiger partial charge on any atom is -0.614 e. The first kappa shape index (κ1) is 24.0. The first-order chi connectivity index (χ1) is 18.7. The molecule has 6 aromatic rings. The lowest BCUT2D eigenvalue weighted by Crippen LogP contribution is -2.43. The second kappa shape index (κ2) is 10.6. The first-order valence-electron chi connectivity index (χ1n) is 12.5. The van der Waals surface area contributed by atoms with E-state index in [0.29, 0.717) is 5.75 Å². The minimum atomic E-state index is -0.836. The van der Waals surface area contributed by atoms with Gasteiger partial charge in [0, 0.05) is 28.8 Å². The van der Waals surface area contributed by atoms with Gasteiger partial charge in [-0.3, -0.25) is 0 Å². The molecule has 0 N–H and O–H groups in total. The van der Waals surface area contributed by atoms with Gasteiger partial charge < -0.3 is 7.58 Å². The van der Waals surface area contributed by atoms with Gasteiger partial charge in [0.05, 0.1) is 5.39 Å². The quantitative estimate of drug-likeness (QED) is 0.174. The van der Waals surface area contributed by atoms with Gasteiger partial charge in [0.25, 0.3) is 0 Å². The van der Waals surface area contributed by atoms with Gasteiger partial charge in [0.2, 0.25) is 11.4 Å². The highest BCUT2D eigenvalue weighted by molar-refractivity contribution is 6.21. The summed E-state index contributed by atoms with van der Waals surface area (Å²) in [5, 5.41) is 2.05. The third-order valence-electron chi connectivity index (χ3n) is 6.39. The number of hydrogen-bond acceptors (Lipinski definition) is 4. The van der Waals surface area contributed by atoms with Crippen LogP contribution in [0.1, 0.15) is 11.4 Å². The van der Waals surface area contributed by atoms with E-state index in [-0.39, 0.29) is 0 Å². The summed E-state index contributed by atoms with van der Waals surface area (Å²) in [5.74, 6) is 2.16. The van der Waals surface area contributed by atoms with E-state index in [1.807, 2.05) is 97.4 Å². The summed E-state index contributed by atoms with van der Waals surface area (Å²) in [5.41, 5.74) is 5.90. The maximum absolute atomic E-state index is 6.38. The van der Waals surface area contributed by atoms with E-state index in [1.54, 1.807) is 0 Å². The normalized spacial score (nSPS) is 10.9. The summed E-state index contributed by atoms with van der Waals surface area (Å²) in [6.45, 7) is 3.99. The molecule has 0 saturated carbocycles. The molecule has 0 saturated heterocycles. The van der Waals surface area contributed by atoms with Crippen LogP contribution in [-0.2, 0) is 0 Å². The number of para-hydroxylation sites is 2. The maximum Gasteiger partial charge on any atom is 0.882 e. The highest BCUT2D eigenvalue weighted by atomic mass is 27.2. The number of nitrogens with zero attached hydrogens (tertiary/aromatic N) is 2. The van der Waals surface area contributed by atoms with E-state index >= 15 is 0 Å². The molecule has 0 fully saturated rings. The van der Waals surface area contributed by atoms with Crippen LogP contribution in [0.3, 0.4) is 0 Å². The number of benzene rings is 4. The van der Waals surface area contributed by atoms with Crippen molar-refractivity contribution in [3.8, 4) is 28.4 Å². The molecular formula is C32H25AlN2O3+. The number of aromatic nitrogens is 2. The van der Waals surface area contributed by atoms with Gasteiger partial charge in [-0.25, -0.2) is 9.82 Å². The number of aryl methyl sites for hydroxylation is 2. The van der Waals surface area contributed by atoms with Crippen molar-refractivity contribution in [2.45, 2.75) is 13.8 Å². The van der Waals surface area contributed by atoms with Crippen LogP contribution in [0.15, 0.2) is 115 Å². The van der Waals surface area contributed by atoms with E-state index < -0.39 is 15.9 Å². The molecule has 0 aliphatic carbocycles. The molecule has 0 aliphatic heterocycles. The van der Waals surface area contributed by atoms with Gasteiger partial charge in [-0.2, -0.15) is 0 Å². The summed E-state index contributed by atoms with van der Waals surface area (Å²) in [7, 11) is 0. The Labute approximate surface area is 228 Å². The zero-order chi connectivity index (χ0) is 25.9. The second-order valence-electron chi connectivity index (χ2n) is 9.06. The molecule has 0 aliphatic rings. The number of hydrogen-bond donors (Lipinski definition) is 0. The van der Waals surface area contributed by atoms with E-state index in [2.05, 4.69) is 41.4 Å². The molecule has 0 bridgehead atoms. The lowest BCUT2D eigenvalue weighted by molar-refractivity contribution is -0.858. The predicted octanol–water partition coefficient (Wildman–Crippen LogP) is 6.79. The summed E-state index contributed by atoms with van der Waals surface area (Å²) < 4.78 is 14.2. The summed E-state index contributed by atoms with van der Waals surface area (Å²) >= 11 is -0.836. The molecule has 6 rings (SSSR count). The lowest BCUT2D eigenvalue weighted by Gasteiger charge is -2.12. The van der Waals surface area contributed by atoms with Crippen LogP contribution in [-0.4, -0.2) is 20.9 Å². The Hall–Kier alpha value is -4.37. The molecule has 6 heteroatoms. The molecule has 0 amide bonds. The number of rotatable bonds is 7. The van der Waals surface area contributed by atoms with Crippen LogP contribution in [0.5, 0.6) is 17.2 Å². The molecule has 5 nitrogen and oxygen atoms in total. The highest BCUT2D eigenvalue weighted by Gasteiger charge is 2.22. The Morgan fingerprint density at radius 1 is 0.605 bits per heavy atom. The SMILES string of the molecule is Cc1ccc2cccc([O][Al][O]c3cccc4ccc(C)[n+](Oc5ccc(-c6ccccc6)cc5)c34)c2n1. The minimum absolute atomic E-state index is 0.700. The largest absolute Gasteiger partial charge is 0.882 e. The molecule has 183 valence electrons. The predicted molar refractivity (Wildman–Crippen MR) is 150 cm³/mol. The standard InChI is InChI=1S/C22H17NO2.C10H9NO.Al/c1-16-10-11-19-8-5-9-21(24)22(19)23(16)25-20-14-12-18(13-15-20)17-6-3-2-4-7-17;1-7-5-6-8-3-2-4-9(12)10(8)11-7;/h2-15H,1H3;2-6,12H,1H3;/q;;+2/p-1. The summed E-state index contributed by atoms with van der Waals surface area (Å²) in [4.78, 5) is 11.0. The fourth-order valence-corrected chi connectivity index (χ4v) is 5.08. The van der Waals surface area contributed by atoms with E-state index in [1.165, 1.54) is 5.56 Å². The molecule has 0 atom stereocenters. The zero-order valence-electron chi connectivity index (χ0n) is 21.2. The van der Waals surface area contributed by atoms with E-state index in [0.717, 1.165) is 50.3 Å². The van der Waals surface area contributed by atoms with Crippen molar-refractivity contribution in [1.29, 1.82) is 0 Å². The Morgan fingerprint density at radius 3 is 2.11 bits per heavy atom. The fourth-order valence-electron chi connectivity index (χ4n) is 4.44. The average Bonchev–Trinajstić information content (AvgIpc) is 2.95. The Balaban J connectivity index is 1.27. The Kier molecular flexibility index (Phi) is 6.66. The smallest absolute Gasteiger partial charge is 0.614 e. The van der Waals surface area contributed by atoms with Gasteiger partial charge >= 0.3 is 21.4 Å². The third kappa shape index (κ3) is 4.93. The third-order valence-corrected chi connectivity index (χ3v) is 7.09. The molecular weight excluding hydrogens is 487 g/mol. The van der Waals surface area contributed by atoms with Gasteiger partial charge in [0.1, 0.15) is 11.3 Å². The van der Waals surface area contributed by atoms with Gasteiger partial charge in [-0.15, -0.1) is 0 Å². The average molecular weight is 513 g/mol. The first-order valence-corrected chi connectivity index (χ1v) is 13.4. The van der Waals surface area contributed by atoms with Crippen LogP contribution in [0.25, 0.3) is 32.9 Å². The van der Waals surface area contributed by atoms with Crippen molar-refractivity contribution in [1.82, 2.24) is 4.98 Å². The Morgan fingerprint density at radius 2 is 1.29 bits per heavy atom. The summed E-state index contributed by atoms with van der Waals surface area (Å²) in [6.07, 6.45) is 0. The zero-order valence-corrected chi connectivity index (χ0v) is 22.3. The molecule has 0 unspecified atom stereocenters. The van der Waals surface area contributed by atoms with Gasteiger partial charge in [-0.1, -0.05) is 66.7 Å². The lowest BCUT2D eigenvalue weighted by atomic mass is 10.1. The highest BCUT2D eigenvalue weighted by Crippen LogP contribution is 2.27. The molecule has 38 heavy (non-hydrogen) atoms. The van der Waals surface area contributed by atoms with Crippen molar-refractivity contribution in [2.75, 3.05) is 0 Å². The van der Waals surface area contributed by atoms with E-state index in [9.17, 15) is 0 Å². The molecule has 2 aromatic heterocycles. The molecule has 2 heterocycles. The van der Waals surface area contributed by atoms with Crippen LogP contribution < -0.4 is 17.1 Å². The van der Waals surface area contributed by atoms with Crippen LogP contribution in [0, 0.1) is 13.8 Å².